The number of fused-ring (bicyclic) bond motifs is 1. The van der Waals surface area contributed by atoms with E-state index in [9.17, 15) is 14.4 Å². The first-order valence-corrected chi connectivity index (χ1v) is 11.2. The maximum Gasteiger partial charge on any atom is 0.363 e. The van der Waals surface area contributed by atoms with Crippen LogP contribution in [0.5, 0.6) is 0 Å². The second-order valence-electron chi connectivity index (χ2n) is 8.35. The third kappa shape index (κ3) is 5.19. The first kappa shape index (κ1) is 22.5. The van der Waals surface area contributed by atoms with Gasteiger partial charge in [0, 0.05) is 11.8 Å². The Morgan fingerprint density at radius 3 is 2.55 bits per heavy atom. The van der Waals surface area contributed by atoms with E-state index in [0.29, 0.717) is 11.4 Å². The van der Waals surface area contributed by atoms with Gasteiger partial charge in [-0.25, -0.2) is 9.48 Å². The Hall–Kier alpha value is -3.74. The van der Waals surface area contributed by atoms with Gasteiger partial charge < -0.3 is 10.1 Å². The molecule has 1 N–H and O–H groups in total. The van der Waals surface area contributed by atoms with Gasteiger partial charge in [0.05, 0.1) is 11.7 Å². The molecule has 0 bridgehead atoms. The molecular formula is C26H27N3O4. The summed E-state index contributed by atoms with van der Waals surface area (Å²) in [5, 5.41) is 7.02. The van der Waals surface area contributed by atoms with E-state index < -0.39 is 23.9 Å². The van der Waals surface area contributed by atoms with E-state index in [1.54, 1.807) is 6.92 Å². The highest BCUT2D eigenvalue weighted by Crippen LogP contribution is 2.24. The lowest BCUT2D eigenvalue weighted by molar-refractivity contribution is -0.124. The second kappa shape index (κ2) is 9.81. The Bertz CT molecular complexity index is 1230. The van der Waals surface area contributed by atoms with Crippen LogP contribution >= 0.6 is 0 Å². The molecule has 1 atom stereocenters. The number of carbonyl (C=O) groups excluding carboxylic acids is 2. The average Bonchev–Trinajstić information content (AvgIpc) is 2.83. The fourth-order valence-electron chi connectivity index (χ4n) is 4.11. The van der Waals surface area contributed by atoms with Crippen molar-refractivity contribution in [3.63, 3.8) is 0 Å². The summed E-state index contributed by atoms with van der Waals surface area (Å²) in [6.07, 6.45) is 4.57. The third-order valence-electron chi connectivity index (χ3n) is 5.89. The number of carbonyl (C=O) groups is 2. The van der Waals surface area contributed by atoms with Gasteiger partial charge >= 0.3 is 5.97 Å². The first-order valence-electron chi connectivity index (χ1n) is 11.2. The van der Waals surface area contributed by atoms with Crippen LogP contribution in [-0.2, 0) is 22.4 Å². The van der Waals surface area contributed by atoms with E-state index in [2.05, 4.69) is 22.5 Å². The minimum absolute atomic E-state index is 0.226. The molecule has 4 rings (SSSR count). The second-order valence-corrected chi connectivity index (χ2v) is 8.35. The molecule has 0 saturated heterocycles. The summed E-state index contributed by atoms with van der Waals surface area (Å²) in [6, 6.07) is 16.6. The van der Waals surface area contributed by atoms with Gasteiger partial charge in [0.1, 0.15) is 0 Å². The third-order valence-corrected chi connectivity index (χ3v) is 5.89. The maximum atomic E-state index is 12.5. The lowest BCUT2D eigenvalue weighted by Crippen LogP contribution is -2.32. The topological polar surface area (TPSA) is 90.3 Å². The van der Waals surface area contributed by atoms with Crippen LogP contribution in [-0.4, -0.2) is 28.3 Å². The van der Waals surface area contributed by atoms with Gasteiger partial charge in [-0.15, -0.1) is 0 Å². The highest BCUT2D eigenvalue weighted by atomic mass is 16.5. The van der Waals surface area contributed by atoms with Crippen LogP contribution in [0.25, 0.3) is 5.69 Å². The predicted octanol–water partition coefficient (Wildman–Crippen LogP) is 3.45. The number of esters is 1. The molecule has 3 aromatic rings. The van der Waals surface area contributed by atoms with Gasteiger partial charge in [-0.2, -0.15) is 5.10 Å². The fourth-order valence-corrected chi connectivity index (χ4v) is 4.11. The van der Waals surface area contributed by atoms with Crippen LogP contribution in [0.3, 0.4) is 0 Å². The number of nitrogens with one attached hydrogen (secondary N) is 1. The zero-order chi connectivity index (χ0) is 23.4. The highest BCUT2D eigenvalue weighted by molar-refractivity contribution is 5.89. The Morgan fingerprint density at radius 1 is 1.06 bits per heavy atom. The number of benzene rings is 2. The lowest BCUT2D eigenvalue weighted by atomic mass is 9.89. The van der Waals surface area contributed by atoms with Crippen molar-refractivity contribution in [3.8, 4) is 5.69 Å². The van der Waals surface area contributed by atoms with E-state index in [0.717, 1.165) is 18.4 Å². The lowest BCUT2D eigenvalue weighted by Gasteiger charge is -2.20. The Kier molecular flexibility index (Phi) is 6.68. The smallest absolute Gasteiger partial charge is 0.363 e. The summed E-state index contributed by atoms with van der Waals surface area (Å²) in [5.41, 5.74) is 4.12. The van der Waals surface area contributed by atoms with Gasteiger partial charge in [0.2, 0.25) is 11.1 Å². The van der Waals surface area contributed by atoms with Crippen molar-refractivity contribution in [1.29, 1.82) is 0 Å². The molecule has 1 unspecified atom stereocenters. The number of hydrogen-bond donors (Lipinski definition) is 1. The SMILES string of the molecule is Cc1cc(=O)c(C(=O)OCC(=O)NC(C)c2ccc3c(c2)CCCC3)nn1-c1ccccc1. The van der Waals surface area contributed by atoms with Gasteiger partial charge in [0.25, 0.3) is 5.91 Å². The van der Waals surface area contributed by atoms with Crippen molar-refractivity contribution in [1.82, 2.24) is 15.1 Å². The number of aromatic nitrogens is 2. The Labute approximate surface area is 192 Å². The number of amides is 1. The molecule has 7 nitrogen and oxygen atoms in total. The van der Waals surface area contributed by atoms with E-state index in [1.807, 2.05) is 43.3 Å². The average molecular weight is 446 g/mol. The number of hydrogen-bond acceptors (Lipinski definition) is 5. The van der Waals surface area contributed by atoms with Crippen LogP contribution in [0.2, 0.25) is 0 Å². The molecular weight excluding hydrogens is 418 g/mol. The summed E-state index contributed by atoms with van der Waals surface area (Å²) in [7, 11) is 0. The minimum atomic E-state index is -0.929. The number of para-hydroxylation sites is 1. The van der Waals surface area contributed by atoms with E-state index >= 15 is 0 Å². The standard InChI is InChI=1S/C26H27N3O4/c1-17-14-23(30)25(28-29(17)22-10-4-3-5-11-22)26(32)33-16-24(31)27-18(2)20-13-12-19-8-6-7-9-21(19)15-20/h3-5,10-15,18H,6-9,16H2,1-2H3,(H,27,31). The normalized spacial score (nSPS) is 13.6. The van der Waals surface area contributed by atoms with Crippen molar-refractivity contribution in [2.75, 3.05) is 6.61 Å². The van der Waals surface area contributed by atoms with Crippen LogP contribution in [0.15, 0.2) is 59.4 Å². The van der Waals surface area contributed by atoms with Gasteiger partial charge in [-0.3, -0.25) is 9.59 Å². The largest absolute Gasteiger partial charge is 0.451 e. The van der Waals surface area contributed by atoms with Crippen LogP contribution in [0.1, 0.15) is 58.7 Å². The zero-order valence-electron chi connectivity index (χ0n) is 18.8. The van der Waals surface area contributed by atoms with Crippen molar-refractivity contribution in [3.05, 3.63) is 92.9 Å². The van der Waals surface area contributed by atoms with E-state index in [4.69, 9.17) is 4.74 Å². The molecule has 0 aliphatic heterocycles. The number of nitrogens with zero attached hydrogens (tertiary/aromatic N) is 2. The molecule has 1 amide bonds. The quantitative estimate of drug-likeness (QED) is 0.587. The summed E-state index contributed by atoms with van der Waals surface area (Å²) in [5.74, 6) is -1.37. The Morgan fingerprint density at radius 2 is 1.79 bits per heavy atom. The van der Waals surface area contributed by atoms with Gasteiger partial charge in [-0.1, -0.05) is 36.4 Å². The molecule has 0 saturated carbocycles. The summed E-state index contributed by atoms with van der Waals surface area (Å²) >= 11 is 0. The van der Waals surface area contributed by atoms with Crippen molar-refractivity contribution >= 4 is 11.9 Å². The van der Waals surface area contributed by atoms with Crippen LogP contribution in [0.4, 0.5) is 0 Å². The molecule has 1 aromatic heterocycles. The number of aryl methyl sites for hydroxylation is 3. The van der Waals surface area contributed by atoms with Gasteiger partial charge in [0.15, 0.2) is 6.61 Å². The highest BCUT2D eigenvalue weighted by Gasteiger charge is 2.19. The molecule has 7 heteroatoms. The minimum Gasteiger partial charge on any atom is -0.451 e. The van der Waals surface area contributed by atoms with Crippen molar-refractivity contribution in [2.24, 2.45) is 0 Å². The van der Waals surface area contributed by atoms with Crippen molar-refractivity contribution < 1.29 is 14.3 Å². The predicted molar refractivity (Wildman–Crippen MR) is 124 cm³/mol. The molecule has 2 aromatic carbocycles. The maximum absolute atomic E-state index is 12.5. The zero-order valence-corrected chi connectivity index (χ0v) is 18.8. The van der Waals surface area contributed by atoms with Gasteiger partial charge in [-0.05, 0) is 68.4 Å². The molecule has 1 heterocycles. The molecule has 0 fully saturated rings. The molecule has 1 aliphatic rings. The van der Waals surface area contributed by atoms with Crippen LogP contribution in [0, 0.1) is 6.92 Å². The molecule has 0 spiro atoms. The first-order chi connectivity index (χ1) is 15.9. The summed E-state index contributed by atoms with van der Waals surface area (Å²) in [6.45, 7) is 3.13. The summed E-state index contributed by atoms with van der Waals surface area (Å²) in [4.78, 5) is 37.2. The molecule has 33 heavy (non-hydrogen) atoms. The number of rotatable bonds is 6. The molecule has 1 aliphatic carbocycles. The van der Waals surface area contributed by atoms with Crippen LogP contribution < -0.4 is 10.7 Å². The Balaban J connectivity index is 1.39. The monoisotopic (exact) mass is 445 g/mol. The fraction of sp³-hybridized carbons (Fsp3) is 0.308. The molecule has 170 valence electrons. The van der Waals surface area contributed by atoms with E-state index in [-0.39, 0.29) is 11.7 Å². The number of ether oxygens (including phenoxy) is 1. The van der Waals surface area contributed by atoms with Crippen molar-refractivity contribution in [2.45, 2.75) is 45.6 Å². The summed E-state index contributed by atoms with van der Waals surface area (Å²) < 4.78 is 6.60. The van der Waals surface area contributed by atoms with E-state index in [1.165, 1.54) is 34.7 Å². The molecule has 0 radical (unpaired) electrons.